The molecule has 100 valence electrons. The molecule has 0 saturated heterocycles. The Morgan fingerprint density at radius 3 is 2.67 bits per heavy atom. The van der Waals surface area contributed by atoms with Gasteiger partial charge in [-0.05, 0) is 38.2 Å². The molecule has 0 N–H and O–H groups in total. The summed E-state index contributed by atoms with van der Waals surface area (Å²) in [7, 11) is 0. The van der Waals surface area contributed by atoms with E-state index in [-0.39, 0.29) is 18.9 Å². The van der Waals surface area contributed by atoms with Crippen molar-refractivity contribution in [2.45, 2.75) is 44.9 Å². The van der Waals surface area contributed by atoms with Crippen LogP contribution in [-0.2, 0) is 0 Å². The van der Waals surface area contributed by atoms with Crippen molar-refractivity contribution in [2.75, 3.05) is 0 Å². The van der Waals surface area contributed by atoms with Crippen molar-refractivity contribution >= 4 is 0 Å². The lowest BCUT2D eigenvalue weighted by Crippen LogP contribution is -2.33. The Labute approximate surface area is 104 Å². The number of hydrogen-bond donors (Lipinski definition) is 0. The maximum atomic E-state index is 12.6. The van der Waals surface area contributed by atoms with E-state index < -0.39 is 12.1 Å². The molecule has 2 rings (SSSR count). The first-order valence-electron chi connectivity index (χ1n) is 6.11. The summed E-state index contributed by atoms with van der Waals surface area (Å²) in [6.07, 6.45) is -1.35. The zero-order valence-electron chi connectivity index (χ0n) is 10.2. The van der Waals surface area contributed by atoms with Gasteiger partial charge in [-0.1, -0.05) is 6.07 Å². The quantitative estimate of drug-likeness (QED) is 0.803. The summed E-state index contributed by atoms with van der Waals surface area (Å²) in [6.45, 7) is 1.90. The fourth-order valence-electron chi connectivity index (χ4n) is 2.24. The fraction of sp³-hybridized carbons (Fsp3) is 0.615. The molecule has 5 heteroatoms. The van der Waals surface area contributed by atoms with Gasteiger partial charge >= 0.3 is 6.18 Å². The van der Waals surface area contributed by atoms with Crippen molar-refractivity contribution in [2.24, 2.45) is 5.92 Å². The van der Waals surface area contributed by atoms with Gasteiger partial charge in [0.2, 0.25) is 5.88 Å². The van der Waals surface area contributed by atoms with Crippen LogP contribution in [0.3, 0.4) is 0 Å². The summed E-state index contributed by atoms with van der Waals surface area (Å²) in [4.78, 5) is 4.06. The van der Waals surface area contributed by atoms with E-state index in [1.807, 2.05) is 13.0 Å². The Morgan fingerprint density at radius 2 is 2.06 bits per heavy atom. The average molecular weight is 259 g/mol. The van der Waals surface area contributed by atoms with Crippen LogP contribution in [0.15, 0.2) is 18.3 Å². The van der Waals surface area contributed by atoms with E-state index in [1.165, 1.54) is 0 Å². The summed E-state index contributed by atoms with van der Waals surface area (Å²) in [5, 5.41) is 0. The molecule has 1 aliphatic carbocycles. The second-order valence-corrected chi connectivity index (χ2v) is 4.82. The predicted octanol–water partition coefficient (Wildman–Crippen LogP) is 3.89. The molecule has 2 atom stereocenters. The second kappa shape index (κ2) is 5.16. The van der Waals surface area contributed by atoms with E-state index in [2.05, 4.69) is 4.98 Å². The lowest BCUT2D eigenvalue weighted by atomic mass is 9.87. The summed E-state index contributed by atoms with van der Waals surface area (Å²) in [5.41, 5.74) is 0.999. The SMILES string of the molecule is Cc1ccc(OC2CCCC(C(F)(F)F)C2)nc1. The maximum Gasteiger partial charge on any atom is 0.391 e. The molecule has 0 radical (unpaired) electrons. The van der Waals surface area contributed by atoms with E-state index in [4.69, 9.17) is 4.74 Å². The largest absolute Gasteiger partial charge is 0.474 e. The maximum absolute atomic E-state index is 12.6. The highest BCUT2D eigenvalue weighted by molar-refractivity contribution is 5.16. The molecule has 1 aromatic rings. The monoisotopic (exact) mass is 259 g/mol. The fourth-order valence-corrected chi connectivity index (χ4v) is 2.24. The van der Waals surface area contributed by atoms with Crippen LogP contribution in [-0.4, -0.2) is 17.3 Å². The number of ether oxygens (including phenoxy) is 1. The van der Waals surface area contributed by atoms with Gasteiger partial charge in [-0.2, -0.15) is 13.2 Å². The van der Waals surface area contributed by atoms with Crippen LogP contribution in [0.1, 0.15) is 31.2 Å². The normalized spacial score (nSPS) is 24.9. The van der Waals surface area contributed by atoms with Gasteiger partial charge in [-0.3, -0.25) is 0 Å². The highest BCUT2D eigenvalue weighted by atomic mass is 19.4. The van der Waals surface area contributed by atoms with Crippen molar-refractivity contribution in [3.8, 4) is 5.88 Å². The number of nitrogens with zero attached hydrogens (tertiary/aromatic N) is 1. The molecular weight excluding hydrogens is 243 g/mol. The molecule has 0 aromatic carbocycles. The van der Waals surface area contributed by atoms with Gasteiger partial charge in [0, 0.05) is 12.3 Å². The number of pyridine rings is 1. The van der Waals surface area contributed by atoms with Gasteiger partial charge in [-0.25, -0.2) is 4.98 Å². The summed E-state index contributed by atoms with van der Waals surface area (Å²) < 4.78 is 43.4. The minimum absolute atomic E-state index is 0.0407. The minimum atomic E-state index is -4.11. The Balaban J connectivity index is 1.95. The van der Waals surface area contributed by atoms with E-state index >= 15 is 0 Å². The zero-order valence-corrected chi connectivity index (χ0v) is 10.2. The summed E-state index contributed by atoms with van der Waals surface area (Å²) in [5.74, 6) is -0.824. The smallest absolute Gasteiger partial charge is 0.391 e. The van der Waals surface area contributed by atoms with Crippen LogP contribution in [0.5, 0.6) is 5.88 Å². The molecule has 1 aliphatic rings. The van der Waals surface area contributed by atoms with Gasteiger partial charge in [0.05, 0.1) is 5.92 Å². The molecule has 18 heavy (non-hydrogen) atoms. The van der Waals surface area contributed by atoms with E-state index in [0.717, 1.165) is 5.56 Å². The van der Waals surface area contributed by atoms with Crippen LogP contribution in [0.25, 0.3) is 0 Å². The van der Waals surface area contributed by atoms with Crippen LogP contribution >= 0.6 is 0 Å². The summed E-state index contributed by atoms with van der Waals surface area (Å²) in [6, 6.07) is 3.54. The van der Waals surface area contributed by atoms with Gasteiger partial charge < -0.3 is 4.74 Å². The first kappa shape index (κ1) is 13.2. The third-order valence-electron chi connectivity index (χ3n) is 3.26. The number of alkyl halides is 3. The lowest BCUT2D eigenvalue weighted by Gasteiger charge is -2.30. The van der Waals surface area contributed by atoms with E-state index in [1.54, 1.807) is 12.3 Å². The Bertz CT molecular complexity index is 388. The number of rotatable bonds is 2. The van der Waals surface area contributed by atoms with Crippen molar-refractivity contribution in [1.82, 2.24) is 4.98 Å². The standard InChI is InChI=1S/C13H16F3NO/c1-9-5-6-12(17-8-9)18-11-4-2-3-10(7-11)13(14,15)16/h5-6,8,10-11H,2-4,7H2,1H3. The number of aryl methyl sites for hydroxylation is 1. The van der Waals surface area contributed by atoms with E-state index in [9.17, 15) is 13.2 Å². The number of aromatic nitrogens is 1. The van der Waals surface area contributed by atoms with E-state index in [0.29, 0.717) is 18.7 Å². The molecule has 2 nitrogen and oxygen atoms in total. The third kappa shape index (κ3) is 3.37. The molecule has 1 aromatic heterocycles. The Morgan fingerprint density at radius 1 is 1.28 bits per heavy atom. The van der Waals surface area contributed by atoms with Gasteiger partial charge in [-0.15, -0.1) is 0 Å². The van der Waals surface area contributed by atoms with Crippen molar-refractivity contribution in [1.29, 1.82) is 0 Å². The van der Waals surface area contributed by atoms with Gasteiger partial charge in [0.25, 0.3) is 0 Å². The third-order valence-corrected chi connectivity index (χ3v) is 3.26. The first-order chi connectivity index (χ1) is 8.45. The number of hydrogen-bond acceptors (Lipinski definition) is 2. The van der Waals surface area contributed by atoms with Gasteiger partial charge in [0.1, 0.15) is 6.10 Å². The zero-order chi connectivity index (χ0) is 13.2. The topological polar surface area (TPSA) is 22.1 Å². The molecule has 0 spiro atoms. The summed E-state index contributed by atoms with van der Waals surface area (Å²) >= 11 is 0. The molecular formula is C13H16F3NO. The molecule has 1 fully saturated rings. The molecule has 0 aliphatic heterocycles. The average Bonchev–Trinajstić information content (AvgIpc) is 2.31. The molecule has 2 unspecified atom stereocenters. The minimum Gasteiger partial charge on any atom is -0.474 e. The van der Waals surface area contributed by atoms with Crippen LogP contribution in [0.4, 0.5) is 13.2 Å². The van der Waals surface area contributed by atoms with Crippen LogP contribution in [0, 0.1) is 12.8 Å². The highest BCUT2D eigenvalue weighted by Crippen LogP contribution is 2.38. The van der Waals surface area contributed by atoms with Gasteiger partial charge in [0.15, 0.2) is 0 Å². The predicted molar refractivity (Wildman–Crippen MR) is 61.4 cm³/mol. The van der Waals surface area contributed by atoms with Crippen molar-refractivity contribution in [3.05, 3.63) is 23.9 Å². The van der Waals surface area contributed by atoms with Crippen LogP contribution < -0.4 is 4.74 Å². The molecule has 1 heterocycles. The Hall–Kier alpha value is -1.26. The van der Waals surface area contributed by atoms with Crippen molar-refractivity contribution < 1.29 is 17.9 Å². The molecule has 1 saturated carbocycles. The number of halogens is 3. The highest BCUT2D eigenvalue weighted by Gasteiger charge is 2.42. The van der Waals surface area contributed by atoms with Crippen LogP contribution in [0.2, 0.25) is 0 Å². The second-order valence-electron chi connectivity index (χ2n) is 4.82. The molecule has 0 amide bonds. The first-order valence-corrected chi connectivity index (χ1v) is 6.11. The Kier molecular flexibility index (Phi) is 3.78. The lowest BCUT2D eigenvalue weighted by molar-refractivity contribution is -0.188. The van der Waals surface area contributed by atoms with Crippen molar-refractivity contribution in [3.63, 3.8) is 0 Å². The molecule has 0 bridgehead atoms.